The molecule has 0 spiro atoms. The highest BCUT2D eigenvalue weighted by Crippen LogP contribution is 2.19. The van der Waals surface area contributed by atoms with Crippen LogP contribution in [-0.2, 0) is 14.3 Å². The average molecular weight is 240 g/mol. The minimum absolute atomic E-state index is 0.0284. The fourth-order valence-corrected chi connectivity index (χ4v) is 2.04. The smallest absolute Gasteiger partial charge is 0.305 e. The predicted molar refractivity (Wildman–Crippen MR) is 66.6 cm³/mol. The Labute approximate surface area is 104 Å². The summed E-state index contributed by atoms with van der Waals surface area (Å²) in [5.41, 5.74) is 0. The topological polar surface area (TPSA) is 43.4 Å². The zero-order valence-electron chi connectivity index (χ0n) is 11.0. The van der Waals surface area contributed by atoms with Gasteiger partial charge in [-0.05, 0) is 37.5 Å². The molecule has 2 aliphatic rings. The molecule has 0 aromatic carbocycles. The Kier molecular flexibility index (Phi) is 6.23. The summed E-state index contributed by atoms with van der Waals surface area (Å²) in [5, 5.41) is 0. The maximum atomic E-state index is 10.6. The molecule has 1 heterocycles. The molecule has 1 saturated carbocycles. The lowest BCUT2D eigenvalue weighted by molar-refractivity contribution is -0.142. The van der Waals surface area contributed by atoms with Crippen molar-refractivity contribution in [1.82, 2.24) is 0 Å². The number of ketones is 1. The van der Waals surface area contributed by atoms with E-state index in [1.165, 1.54) is 0 Å². The Morgan fingerprint density at radius 2 is 1.41 bits per heavy atom. The molecule has 1 aliphatic carbocycles. The number of Topliss-reactive ketones (excluding diaryl/α,β-unsaturated/α-hetero) is 1. The Balaban J connectivity index is 0.000000171. The van der Waals surface area contributed by atoms with Gasteiger partial charge in [-0.1, -0.05) is 13.8 Å². The van der Waals surface area contributed by atoms with E-state index in [9.17, 15) is 9.59 Å². The van der Waals surface area contributed by atoms with Crippen molar-refractivity contribution in [3.05, 3.63) is 0 Å². The molecule has 3 heteroatoms. The molecule has 0 radical (unpaired) electrons. The molecule has 1 aliphatic heterocycles. The van der Waals surface area contributed by atoms with E-state index in [1.54, 1.807) is 0 Å². The van der Waals surface area contributed by atoms with Crippen LogP contribution in [0.25, 0.3) is 0 Å². The van der Waals surface area contributed by atoms with Gasteiger partial charge in [0.1, 0.15) is 5.78 Å². The van der Waals surface area contributed by atoms with Crippen LogP contribution in [-0.4, -0.2) is 18.4 Å². The summed E-state index contributed by atoms with van der Waals surface area (Å²) >= 11 is 0. The maximum absolute atomic E-state index is 10.6. The SMILES string of the molecule is CC1CCC(=O)CC1.CC1CCOC(=O)CC1. The van der Waals surface area contributed by atoms with Gasteiger partial charge in [0.2, 0.25) is 0 Å². The second kappa shape index (κ2) is 7.46. The highest BCUT2D eigenvalue weighted by atomic mass is 16.5. The predicted octanol–water partition coefficient (Wildman–Crippen LogP) is 3.12. The van der Waals surface area contributed by atoms with E-state index >= 15 is 0 Å². The van der Waals surface area contributed by atoms with Gasteiger partial charge in [0.05, 0.1) is 6.61 Å². The van der Waals surface area contributed by atoms with Crippen LogP contribution in [0.15, 0.2) is 0 Å². The van der Waals surface area contributed by atoms with Crippen molar-refractivity contribution >= 4 is 11.8 Å². The van der Waals surface area contributed by atoms with E-state index in [2.05, 4.69) is 13.8 Å². The minimum atomic E-state index is -0.0284. The Morgan fingerprint density at radius 1 is 0.882 bits per heavy atom. The summed E-state index contributed by atoms with van der Waals surface area (Å²) in [7, 11) is 0. The lowest BCUT2D eigenvalue weighted by Gasteiger charge is -2.14. The van der Waals surface area contributed by atoms with Gasteiger partial charge in [-0.25, -0.2) is 0 Å². The highest BCUT2D eigenvalue weighted by molar-refractivity contribution is 5.78. The average Bonchev–Trinajstić information content (AvgIpc) is 2.49. The van der Waals surface area contributed by atoms with Gasteiger partial charge in [0, 0.05) is 19.3 Å². The molecule has 98 valence electrons. The Morgan fingerprint density at radius 3 is 2.00 bits per heavy atom. The third kappa shape index (κ3) is 6.44. The van der Waals surface area contributed by atoms with Gasteiger partial charge >= 0.3 is 5.97 Å². The molecule has 0 N–H and O–H groups in total. The first kappa shape index (κ1) is 14.2. The van der Waals surface area contributed by atoms with Crippen molar-refractivity contribution in [2.24, 2.45) is 11.8 Å². The van der Waals surface area contributed by atoms with Crippen molar-refractivity contribution in [2.75, 3.05) is 6.61 Å². The summed E-state index contributed by atoms with van der Waals surface area (Å²) in [4.78, 5) is 21.2. The maximum Gasteiger partial charge on any atom is 0.305 e. The van der Waals surface area contributed by atoms with E-state index < -0.39 is 0 Å². The number of esters is 1. The molecular formula is C14H24O3. The fraction of sp³-hybridized carbons (Fsp3) is 0.857. The van der Waals surface area contributed by atoms with Crippen molar-refractivity contribution < 1.29 is 14.3 Å². The lowest BCUT2D eigenvalue weighted by atomic mass is 9.90. The minimum Gasteiger partial charge on any atom is -0.466 e. The van der Waals surface area contributed by atoms with Gasteiger partial charge in [-0.2, -0.15) is 0 Å². The van der Waals surface area contributed by atoms with Crippen molar-refractivity contribution in [2.45, 2.75) is 58.8 Å². The second-order valence-electron chi connectivity index (χ2n) is 5.37. The quantitative estimate of drug-likeness (QED) is 0.611. The van der Waals surface area contributed by atoms with Gasteiger partial charge < -0.3 is 4.74 Å². The summed E-state index contributed by atoms with van der Waals surface area (Å²) in [6.07, 6.45) is 6.56. The highest BCUT2D eigenvalue weighted by Gasteiger charge is 2.13. The summed E-state index contributed by atoms with van der Waals surface area (Å²) in [6, 6.07) is 0. The van der Waals surface area contributed by atoms with Gasteiger partial charge in [-0.3, -0.25) is 9.59 Å². The second-order valence-corrected chi connectivity index (χ2v) is 5.37. The summed E-state index contributed by atoms with van der Waals surface area (Å²) in [5.74, 6) is 1.90. The first-order valence-corrected chi connectivity index (χ1v) is 6.75. The van der Waals surface area contributed by atoms with Crippen molar-refractivity contribution in [1.29, 1.82) is 0 Å². The van der Waals surface area contributed by atoms with Gasteiger partial charge in [-0.15, -0.1) is 0 Å². The molecule has 1 saturated heterocycles. The van der Waals surface area contributed by atoms with E-state index in [0.29, 0.717) is 24.7 Å². The molecule has 0 amide bonds. The number of carbonyl (C=O) groups is 2. The van der Waals surface area contributed by atoms with E-state index in [-0.39, 0.29) is 5.97 Å². The monoisotopic (exact) mass is 240 g/mol. The zero-order valence-corrected chi connectivity index (χ0v) is 11.0. The van der Waals surface area contributed by atoms with Crippen LogP contribution in [0.3, 0.4) is 0 Å². The Bertz CT molecular complexity index is 250. The van der Waals surface area contributed by atoms with Gasteiger partial charge in [0.25, 0.3) is 0 Å². The van der Waals surface area contributed by atoms with Crippen LogP contribution in [0.1, 0.15) is 58.8 Å². The normalized spacial score (nSPS) is 26.6. The first-order valence-electron chi connectivity index (χ1n) is 6.75. The van der Waals surface area contributed by atoms with E-state index in [1.807, 2.05) is 0 Å². The van der Waals surface area contributed by atoms with Crippen LogP contribution >= 0.6 is 0 Å². The van der Waals surface area contributed by atoms with Crippen LogP contribution < -0.4 is 0 Å². The summed E-state index contributed by atoms with van der Waals surface area (Å²) < 4.78 is 4.83. The van der Waals surface area contributed by atoms with Crippen LogP contribution in [0.5, 0.6) is 0 Å². The van der Waals surface area contributed by atoms with Crippen molar-refractivity contribution in [3.63, 3.8) is 0 Å². The van der Waals surface area contributed by atoms with E-state index in [0.717, 1.165) is 44.4 Å². The largest absolute Gasteiger partial charge is 0.466 e. The molecule has 0 bridgehead atoms. The molecule has 0 aromatic rings. The fourth-order valence-electron chi connectivity index (χ4n) is 2.04. The lowest BCUT2D eigenvalue weighted by Crippen LogP contribution is -2.10. The molecular weight excluding hydrogens is 216 g/mol. The number of hydrogen-bond donors (Lipinski definition) is 0. The Hall–Kier alpha value is -0.860. The third-order valence-electron chi connectivity index (χ3n) is 3.55. The standard InChI is InChI=1S/C7H12O2.C7H12O/c1-6-2-3-7(8)9-5-4-6;1-6-2-4-7(8)5-3-6/h6H,2-5H2,1H3;6H,2-5H2,1H3. The molecule has 1 atom stereocenters. The number of hydrogen-bond acceptors (Lipinski definition) is 3. The van der Waals surface area contributed by atoms with Crippen molar-refractivity contribution in [3.8, 4) is 0 Å². The number of carbonyl (C=O) groups excluding carboxylic acids is 2. The third-order valence-corrected chi connectivity index (χ3v) is 3.55. The number of cyclic esters (lactones) is 1. The van der Waals surface area contributed by atoms with Gasteiger partial charge in [0.15, 0.2) is 0 Å². The first-order chi connectivity index (χ1) is 8.08. The summed E-state index contributed by atoms with van der Waals surface area (Å²) in [6.45, 7) is 4.99. The zero-order chi connectivity index (χ0) is 12.7. The van der Waals surface area contributed by atoms with Crippen LogP contribution in [0, 0.1) is 11.8 Å². The molecule has 17 heavy (non-hydrogen) atoms. The molecule has 0 aromatic heterocycles. The molecule has 1 unspecified atom stereocenters. The number of rotatable bonds is 0. The van der Waals surface area contributed by atoms with E-state index in [4.69, 9.17) is 4.74 Å². The number of ether oxygens (including phenoxy) is 1. The molecule has 2 rings (SSSR count). The van der Waals surface area contributed by atoms with Crippen LogP contribution in [0.4, 0.5) is 0 Å². The van der Waals surface area contributed by atoms with Crippen LogP contribution in [0.2, 0.25) is 0 Å². The molecule has 2 fully saturated rings. The molecule has 3 nitrogen and oxygen atoms in total.